The van der Waals surface area contributed by atoms with E-state index >= 15 is 0 Å². The molecule has 0 bridgehead atoms. The maximum Gasteiger partial charge on any atom is 0.323 e. The van der Waals surface area contributed by atoms with Crippen molar-refractivity contribution in [1.82, 2.24) is 5.32 Å². The molecule has 1 atom stereocenters. The van der Waals surface area contributed by atoms with Gasteiger partial charge in [0.2, 0.25) is 0 Å². The summed E-state index contributed by atoms with van der Waals surface area (Å²) in [6.07, 6.45) is 8.56. The monoisotopic (exact) mass is 273 g/mol. The summed E-state index contributed by atoms with van der Waals surface area (Å²) in [6, 6.07) is 0. The van der Waals surface area contributed by atoms with Crippen LogP contribution in [0, 0.1) is 0 Å². The molecule has 1 rings (SSSR count). The van der Waals surface area contributed by atoms with E-state index in [1.54, 1.807) is 6.92 Å². The Kier molecular flexibility index (Phi) is 7.08. The molecule has 0 amide bonds. The zero-order valence-corrected chi connectivity index (χ0v) is 12.5. The minimum Gasteiger partial charge on any atom is -0.480 e. The largest absolute Gasteiger partial charge is 0.480 e. The van der Waals surface area contributed by atoms with Crippen molar-refractivity contribution in [3.63, 3.8) is 0 Å². The highest BCUT2D eigenvalue weighted by Gasteiger charge is 2.31. The van der Waals surface area contributed by atoms with E-state index in [0.717, 1.165) is 23.8 Å². The molecule has 106 valence electrons. The first-order valence-corrected chi connectivity index (χ1v) is 8.23. The Hall–Kier alpha value is -0.220. The van der Waals surface area contributed by atoms with Crippen LogP contribution in [-0.2, 0) is 4.79 Å². The van der Waals surface area contributed by atoms with Crippen molar-refractivity contribution in [3.8, 4) is 0 Å². The number of nitrogens with one attached hydrogen (secondary N) is 1. The fourth-order valence-corrected chi connectivity index (χ4v) is 3.88. The molecule has 0 heterocycles. The topological polar surface area (TPSA) is 49.3 Å². The molecule has 1 aliphatic rings. The molecule has 4 heteroatoms. The van der Waals surface area contributed by atoms with E-state index in [2.05, 4.69) is 5.32 Å². The zero-order valence-electron chi connectivity index (χ0n) is 11.7. The molecular weight excluding hydrogens is 246 g/mol. The second kappa shape index (κ2) is 8.05. The molecular formula is C14H27NO2S. The smallest absolute Gasteiger partial charge is 0.323 e. The van der Waals surface area contributed by atoms with Crippen molar-refractivity contribution in [2.75, 3.05) is 12.3 Å². The van der Waals surface area contributed by atoms with E-state index in [-0.39, 0.29) is 0 Å². The Balaban J connectivity index is 2.20. The molecule has 1 aliphatic carbocycles. The van der Waals surface area contributed by atoms with Gasteiger partial charge in [0, 0.05) is 5.25 Å². The molecule has 0 saturated heterocycles. The molecule has 3 nitrogen and oxygen atoms in total. The van der Waals surface area contributed by atoms with Crippen molar-refractivity contribution in [3.05, 3.63) is 0 Å². The number of hydrogen-bond acceptors (Lipinski definition) is 3. The van der Waals surface area contributed by atoms with Crippen LogP contribution >= 0.6 is 11.8 Å². The average Bonchev–Trinajstić information content (AvgIpc) is 2.36. The fourth-order valence-electron chi connectivity index (χ4n) is 2.57. The number of carboxylic acid groups (broad SMARTS) is 1. The van der Waals surface area contributed by atoms with Gasteiger partial charge < -0.3 is 10.4 Å². The summed E-state index contributed by atoms with van der Waals surface area (Å²) in [5, 5.41) is 13.2. The standard InChI is InChI=1S/C14H27NO2S/c1-3-15-14(2,13(16)17)10-7-11-18-12-8-5-4-6-9-12/h12,15H,3-11H2,1-2H3,(H,16,17). The van der Waals surface area contributed by atoms with Crippen molar-refractivity contribution in [1.29, 1.82) is 0 Å². The third kappa shape index (κ3) is 5.19. The molecule has 0 aromatic carbocycles. The van der Waals surface area contributed by atoms with Crippen LogP contribution in [0.5, 0.6) is 0 Å². The predicted molar refractivity (Wildman–Crippen MR) is 78.3 cm³/mol. The van der Waals surface area contributed by atoms with Gasteiger partial charge in [-0.2, -0.15) is 11.8 Å². The van der Waals surface area contributed by atoms with Gasteiger partial charge in [-0.1, -0.05) is 26.2 Å². The van der Waals surface area contributed by atoms with Gasteiger partial charge in [0.05, 0.1) is 0 Å². The lowest BCUT2D eigenvalue weighted by molar-refractivity contribution is -0.144. The lowest BCUT2D eigenvalue weighted by Crippen LogP contribution is -2.49. The van der Waals surface area contributed by atoms with Crippen LogP contribution in [0.25, 0.3) is 0 Å². The van der Waals surface area contributed by atoms with Crippen LogP contribution in [-0.4, -0.2) is 34.2 Å². The Labute approximate surface area is 115 Å². The van der Waals surface area contributed by atoms with Crippen LogP contribution in [0.4, 0.5) is 0 Å². The van der Waals surface area contributed by atoms with Crippen LogP contribution in [0.15, 0.2) is 0 Å². The molecule has 2 N–H and O–H groups in total. The molecule has 1 unspecified atom stereocenters. The van der Waals surface area contributed by atoms with Crippen LogP contribution < -0.4 is 5.32 Å². The number of rotatable bonds is 8. The second-order valence-electron chi connectivity index (χ2n) is 5.40. The molecule has 0 aromatic rings. The number of aliphatic carboxylic acids is 1. The van der Waals surface area contributed by atoms with E-state index in [1.807, 2.05) is 18.7 Å². The van der Waals surface area contributed by atoms with Crippen LogP contribution in [0.3, 0.4) is 0 Å². The molecule has 0 radical (unpaired) electrons. The van der Waals surface area contributed by atoms with Gasteiger partial charge in [0.15, 0.2) is 0 Å². The second-order valence-corrected chi connectivity index (χ2v) is 6.81. The highest BCUT2D eigenvalue weighted by molar-refractivity contribution is 7.99. The Morgan fingerprint density at radius 1 is 1.39 bits per heavy atom. The average molecular weight is 273 g/mol. The first-order chi connectivity index (χ1) is 8.58. The molecule has 18 heavy (non-hydrogen) atoms. The van der Waals surface area contributed by atoms with Crippen LogP contribution in [0.2, 0.25) is 0 Å². The Morgan fingerprint density at radius 2 is 2.06 bits per heavy atom. The lowest BCUT2D eigenvalue weighted by atomic mass is 9.96. The normalized spacial score (nSPS) is 20.6. The number of likely N-dealkylation sites (N-methyl/N-ethyl adjacent to an activating group) is 1. The molecule has 0 spiro atoms. The number of carbonyl (C=O) groups is 1. The van der Waals surface area contributed by atoms with Gasteiger partial charge in [0.25, 0.3) is 0 Å². The zero-order chi connectivity index (χ0) is 13.4. The van der Waals surface area contributed by atoms with E-state index < -0.39 is 11.5 Å². The maximum absolute atomic E-state index is 11.2. The van der Waals surface area contributed by atoms with Gasteiger partial charge in [0.1, 0.15) is 5.54 Å². The first-order valence-electron chi connectivity index (χ1n) is 7.18. The third-order valence-electron chi connectivity index (χ3n) is 3.77. The van der Waals surface area contributed by atoms with E-state index in [1.165, 1.54) is 32.1 Å². The maximum atomic E-state index is 11.2. The summed E-state index contributed by atoms with van der Waals surface area (Å²) in [4.78, 5) is 11.2. The van der Waals surface area contributed by atoms with Gasteiger partial charge >= 0.3 is 5.97 Å². The van der Waals surface area contributed by atoms with Gasteiger partial charge in [-0.25, -0.2) is 0 Å². The van der Waals surface area contributed by atoms with E-state index in [4.69, 9.17) is 0 Å². The molecule has 0 aromatic heterocycles. The minimum absolute atomic E-state index is 0.707. The Morgan fingerprint density at radius 3 is 2.61 bits per heavy atom. The molecule has 1 fully saturated rings. The summed E-state index contributed by atoms with van der Waals surface area (Å²) < 4.78 is 0. The predicted octanol–water partition coefficient (Wildman–Crippen LogP) is 3.29. The third-order valence-corrected chi connectivity index (χ3v) is 5.23. The van der Waals surface area contributed by atoms with Crippen molar-refractivity contribution in [2.45, 2.75) is 69.6 Å². The number of carboxylic acids is 1. The summed E-state index contributed by atoms with van der Waals surface area (Å²) in [7, 11) is 0. The summed E-state index contributed by atoms with van der Waals surface area (Å²) >= 11 is 2.05. The van der Waals surface area contributed by atoms with E-state index in [0.29, 0.717) is 6.54 Å². The highest BCUT2D eigenvalue weighted by Crippen LogP contribution is 2.29. The van der Waals surface area contributed by atoms with Crippen molar-refractivity contribution >= 4 is 17.7 Å². The minimum atomic E-state index is -0.748. The summed E-state index contributed by atoms with van der Waals surface area (Å²) in [5.74, 6) is 0.367. The number of hydrogen-bond donors (Lipinski definition) is 2. The van der Waals surface area contributed by atoms with Gasteiger partial charge in [-0.3, -0.25) is 4.79 Å². The summed E-state index contributed by atoms with van der Waals surface area (Å²) in [6.45, 7) is 4.46. The summed E-state index contributed by atoms with van der Waals surface area (Å²) in [5.41, 5.74) is -0.748. The van der Waals surface area contributed by atoms with Gasteiger partial charge in [-0.05, 0) is 44.9 Å². The lowest BCUT2D eigenvalue weighted by Gasteiger charge is -2.26. The highest BCUT2D eigenvalue weighted by atomic mass is 32.2. The first kappa shape index (κ1) is 15.8. The molecule has 0 aliphatic heterocycles. The SMILES string of the molecule is CCNC(C)(CCCSC1CCCCC1)C(=O)O. The van der Waals surface area contributed by atoms with Crippen LogP contribution in [0.1, 0.15) is 58.8 Å². The Bertz CT molecular complexity index is 254. The van der Waals surface area contributed by atoms with Crippen molar-refractivity contribution < 1.29 is 9.90 Å². The molecule has 1 saturated carbocycles. The van der Waals surface area contributed by atoms with Crippen molar-refractivity contribution in [2.24, 2.45) is 0 Å². The fraction of sp³-hybridized carbons (Fsp3) is 0.929. The van der Waals surface area contributed by atoms with Gasteiger partial charge in [-0.15, -0.1) is 0 Å². The van der Waals surface area contributed by atoms with E-state index in [9.17, 15) is 9.90 Å². The number of thioether (sulfide) groups is 1. The quantitative estimate of drug-likeness (QED) is 0.666.